The summed E-state index contributed by atoms with van der Waals surface area (Å²) in [5, 5.41) is 7.66. The first-order chi connectivity index (χ1) is 11.7. The lowest BCUT2D eigenvalue weighted by atomic mass is 10.2. The maximum Gasteiger partial charge on any atom is 0.271 e. The number of thiazole rings is 1. The predicted octanol–water partition coefficient (Wildman–Crippen LogP) is 2.45. The highest BCUT2D eigenvalue weighted by Crippen LogP contribution is 2.23. The molecule has 0 atom stereocenters. The van der Waals surface area contributed by atoms with Crippen molar-refractivity contribution >= 4 is 23.2 Å². The minimum absolute atomic E-state index is 0.113. The second-order valence-electron chi connectivity index (χ2n) is 4.94. The van der Waals surface area contributed by atoms with Gasteiger partial charge in [0.25, 0.3) is 5.91 Å². The van der Waals surface area contributed by atoms with E-state index in [0.717, 1.165) is 10.6 Å². The van der Waals surface area contributed by atoms with E-state index in [9.17, 15) is 9.59 Å². The van der Waals surface area contributed by atoms with Crippen LogP contribution < -0.4 is 10.6 Å². The van der Waals surface area contributed by atoms with Gasteiger partial charge in [-0.3, -0.25) is 9.59 Å². The Morgan fingerprint density at radius 1 is 1.08 bits per heavy atom. The molecule has 2 heterocycles. The average Bonchev–Trinajstić information content (AvgIpc) is 3.30. The van der Waals surface area contributed by atoms with Crippen molar-refractivity contribution in [2.75, 3.05) is 6.54 Å². The number of benzene rings is 1. The Labute approximate surface area is 142 Å². The molecule has 122 valence electrons. The third kappa shape index (κ3) is 4.08. The first-order valence-corrected chi connectivity index (χ1v) is 8.18. The van der Waals surface area contributed by atoms with E-state index in [0.29, 0.717) is 11.5 Å². The second-order valence-corrected chi connectivity index (χ2v) is 5.80. The van der Waals surface area contributed by atoms with E-state index < -0.39 is 0 Å². The molecule has 24 heavy (non-hydrogen) atoms. The summed E-state index contributed by atoms with van der Waals surface area (Å²) in [4.78, 5) is 28.1. The molecule has 7 heteroatoms. The van der Waals surface area contributed by atoms with Crippen molar-refractivity contribution in [2.24, 2.45) is 0 Å². The number of aromatic nitrogens is 1. The number of carbonyl (C=O) groups is 2. The normalized spacial score (nSPS) is 10.3. The fourth-order valence-corrected chi connectivity index (χ4v) is 2.81. The molecule has 2 N–H and O–H groups in total. The fourth-order valence-electron chi connectivity index (χ4n) is 2.00. The summed E-state index contributed by atoms with van der Waals surface area (Å²) in [6.07, 6.45) is 1.54. The maximum atomic E-state index is 12.1. The number of nitrogens with zero attached hydrogens (tertiary/aromatic N) is 1. The summed E-state index contributed by atoms with van der Waals surface area (Å²) in [6, 6.07) is 13.1. The van der Waals surface area contributed by atoms with Crippen LogP contribution in [-0.2, 0) is 11.3 Å². The van der Waals surface area contributed by atoms with E-state index in [-0.39, 0.29) is 24.9 Å². The molecule has 0 saturated carbocycles. The van der Waals surface area contributed by atoms with Crippen molar-refractivity contribution in [3.05, 3.63) is 65.6 Å². The third-order valence-corrected chi connectivity index (χ3v) is 4.10. The Balaban J connectivity index is 1.50. The van der Waals surface area contributed by atoms with Crippen LogP contribution in [0.1, 0.15) is 16.2 Å². The topological polar surface area (TPSA) is 84.2 Å². The second kappa shape index (κ2) is 7.56. The molecule has 3 aromatic rings. The van der Waals surface area contributed by atoms with Crippen LogP contribution in [0.15, 0.2) is 58.5 Å². The van der Waals surface area contributed by atoms with Crippen LogP contribution in [0.3, 0.4) is 0 Å². The molecule has 6 nitrogen and oxygen atoms in total. The van der Waals surface area contributed by atoms with Crippen molar-refractivity contribution in [3.63, 3.8) is 0 Å². The van der Waals surface area contributed by atoms with Crippen LogP contribution in [0, 0.1) is 0 Å². The van der Waals surface area contributed by atoms with Gasteiger partial charge in [-0.15, -0.1) is 11.3 Å². The minimum Gasteiger partial charge on any atom is -0.467 e. The maximum absolute atomic E-state index is 12.1. The minimum atomic E-state index is -0.374. The van der Waals surface area contributed by atoms with Crippen LogP contribution in [0.25, 0.3) is 10.6 Å². The first-order valence-electron chi connectivity index (χ1n) is 7.30. The molecule has 0 aliphatic carbocycles. The van der Waals surface area contributed by atoms with E-state index in [2.05, 4.69) is 15.6 Å². The molecule has 3 rings (SSSR count). The number of hydrogen-bond acceptors (Lipinski definition) is 5. The molecule has 0 aliphatic heterocycles. The smallest absolute Gasteiger partial charge is 0.271 e. The van der Waals surface area contributed by atoms with Gasteiger partial charge in [0.05, 0.1) is 19.4 Å². The highest BCUT2D eigenvalue weighted by molar-refractivity contribution is 7.13. The standard InChI is InChI=1S/C17H15N3O3S/c21-15(18-9-13-7-4-8-23-13)10-19-16(22)14-11-24-17(20-14)12-5-2-1-3-6-12/h1-8,11H,9-10H2,(H,18,21)(H,19,22). The Hall–Kier alpha value is -2.93. The molecule has 0 fully saturated rings. The van der Waals surface area contributed by atoms with Crippen molar-refractivity contribution in [2.45, 2.75) is 6.54 Å². The number of rotatable bonds is 6. The lowest BCUT2D eigenvalue weighted by Gasteiger charge is -2.04. The number of hydrogen-bond donors (Lipinski definition) is 2. The Morgan fingerprint density at radius 2 is 1.92 bits per heavy atom. The van der Waals surface area contributed by atoms with Gasteiger partial charge in [-0.2, -0.15) is 0 Å². The van der Waals surface area contributed by atoms with Gasteiger partial charge in [0.2, 0.25) is 5.91 Å². The van der Waals surface area contributed by atoms with Gasteiger partial charge in [0, 0.05) is 10.9 Å². The molecule has 0 aliphatic rings. The van der Waals surface area contributed by atoms with Crippen molar-refractivity contribution in [1.29, 1.82) is 0 Å². The average molecular weight is 341 g/mol. The van der Waals surface area contributed by atoms with Gasteiger partial charge >= 0.3 is 0 Å². The van der Waals surface area contributed by atoms with E-state index in [4.69, 9.17) is 4.42 Å². The Bertz CT molecular complexity index is 813. The summed E-state index contributed by atoms with van der Waals surface area (Å²) in [5.41, 5.74) is 1.26. The van der Waals surface area contributed by atoms with Gasteiger partial charge in [-0.25, -0.2) is 4.98 Å². The molecule has 0 unspecified atom stereocenters. The molecule has 2 aromatic heterocycles. The van der Waals surface area contributed by atoms with Gasteiger partial charge < -0.3 is 15.1 Å². The van der Waals surface area contributed by atoms with Gasteiger partial charge in [-0.1, -0.05) is 30.3 Å². The number of furan rings is 1. The first kappa shape index (κ1) is 15.9. The molecule has 0 saturated heterocycles. The molecule has 2 amide bonds. The zero-order valence-corrected chi connectivity index (χ0v) is 13.5. The van der Waals surface area contributed by atoms with Gasteiger partial charge in [0.1, 0.15) is 16.5 Å². The summed E-state index contributed by atoms with van der Waals surface area (Å²) >= 11 is 1.39. The number of carbonyl (C=O) groups excluding carboxylic acids is 2. The van der Waals surface area contributed by atoms with Crippen molar-refractivity contribution in [1.82, 2.24) is 15.6 Å². The van der Waals surface area contributed by atoms with E-state index in [1.54, 1.807) is 17.5 Å². The highest BCUT2D eigenvalue weighted by atomic mass is 32.1. The molecule has 1 aromatic carbocycles. The summed E-state index contributed by atoms with van der Waals surface area (Å²) in [7, 11) is 0. The zero-order chi connectivity index (χ0) is 16.8. The molecule has 0 radical (unpaired) electrons. The van der Waals surface area contributed by atoms with Crippen molar-refractivity contribution < 1.29 is 14.0 Å². The van der Waals surface area contributed by atoms with Crippen LogP contribution in [0.4, 0.5) is 0 Å². The SMILES string of the molecule is O=C(CNC(=O)c1csc(-c2ccccc2)n1)NCc1ccco1. The van der Waals surface area contributed by atoms with Crippen LogP contribution >= 0.6 is 11.3 Å². The number of amides is 2. The monoisotopic (exact) mass is 341 g/mol. The summed E-state index contributed by atoms with van der Waals surface area (Å²) in [6.45, 7) is 0.175. The molecular formula is C17H15N3O3S. The molecule has 0 bridgehead atoms. The zero-order valence-electron chi connectivity index (χ0n) is 12.7. The van der Waals surface area contributed by atoms with Gasteiger partial charge in [0.15, 0.2) is 0 Å². The lowest BCUT2D eigenvalue weighted by molar-refractivity contribution is -0.120. The lowest BCUT2D eigenvalue weighted by Crippen LogP contribution is -2.36. The van der Waals surface area contributed by atoms with Crippen LogP contribution in [0.2, 0.25) is 0 Å². The van der Waals surface area contributed by atoms with Crippen LogP contribution in [-0.4, -0.2) is 23.3 Å². The van der Waals surface area contributed by atoms with Gasteiger partial charge in [-0.05, 0) is 12.1 Å². The molecule has 0 spiro atoms. The van der Waals surface area contributed by atoms with Crippen LogP contribution in [0.5, 0.6) is 0 Å². The predicted molar refractivity (Wildman–Crippen MR) is 90.4 cm³/mol. The van der Waals surface area contributed by atoms with Crippen molar-refractivity contribution in [3.8, 4) is 10.6 Å². The number of nitrogens with one attached hydrogen (secondary N) is 2. The highest BCUT2D eigenvalue weighted by Gasteiger charge is 2.13. The Morgan fingerprint density at radius 3 is 2.67 bits per heavy atom. The fraction of sp³-hybridized carbons (Fsp3) is 0.118. The largest absolute Gasteiger partial charge is 0.467 e. The molecular weight excluding hydrogens is 326 g/mol. The summed E-state index contributed by atoms with van der Waals surface area (Å²) < 4.78 is 5.11. The van der Waals surface area contributed by atoms with E-state index in [1.807, 2.05) is 30.3 Å². The van der Waals surface area contributed by atoms with E-state index in [1.165, 1.54) is 17.6 Å². The summed E-state index contributed by atoms with van der Waals surface area (Å²) in [5.74, 6) is -0.0125. The third-order valence-electron chi connectivity index (χ3n) is 3.21. The quantitative estimate of drug-likeness (QED) is 0.721. The van der Waals surface area contributed by atoms with E-state index >= 15 is 0 Å². The Kier molecular flexibility index (Phi) is 5.02.